The number of carbonyl (C=O) groups is 1. The van der Waals surface area contributed by atoms with E-state index in [0.29, 0.717) is 5.56 Å². The van der Waals surface area contributed by atoms with Gasteiger partial charge in [0.2, 0.25) is 5.91 Å². The van der Waals surface area contributed by atoms with Crippen molar-refractivity contribution in [1.29, 1.82) is 0 Å². The van der Waals surface area contributed by atoms with Crippen molar-refractivity contribution in [3.63, 3.8) is 0 Å². The minimum atomic E-state index is -0.328. The number of carbonyl (C=O) groups excluding carboxylic acids is 1. The van der Waals surface area contributed by atoms with Gasteiger partial charge in [0.1, 0.15) is 0 Å². The van der Waals surface area contributed by atoms with Crippen molar-refractivity contribution in [2.75, 3.05) is 0 Å². The van der Waals surface area contributed by atoms with E-state index in [4.69, 9.17) is 5.73 Å². The number of rotatable bonds is 1. The predicted molar refractivity (Wildman–Crippen MR) is 91.1 cm³/mol. The fourth-order valence-corrected chi connectivity index (χ4v) is 2.52. The van der Waals surface area contributed by atoms with Gasteiger partial charge in [-0.05, 0) is 32.9 Å². The Balaban J connectivity index is 3.89. The van der Waals surface area contributed by atoms with Crippen molar-refractivity contribution in [1.82, 2.24) is 0 Å². The number of hydrogen-bond donors (Lipinski definition) is 1. The van der Waals surface area contributed by atoms with Crippen LogP contribution in [0.1, 0.15) is 89.4 Å². The Kier molecular flexibility index (Phi) is 4.35. The summed E-state index contributed by atoms with van der Waals surface area (Å²) in [5, 5.41) is 0. The Morgan fingerprint density at radius 1 is 0.762 bits per heavy atom. The second-order valence-electron chi connectivity index (χ2n) is 9.06. The largest absolute Gasteiger partial charge is 0.366 e. The summed E-state index contributed by atoms with van der Waals surface area (Å²) in [5.74, 6) is -0.328. The molecule has 0 radical (unpaired) electrons. The van der Waals surface area contributed by atoms with Crippen LogP contribution in [0.5, 0.6) is 0 Å². The summed E-state index contributed by atoms with van der Waals surface area (Å²) in [6.07, 6.45) is 0. The molecule has 0 fully saturated rings. The average Bonchev–Trinajstić information content (AvgIpc) is 2.23. The number of hydrogen-bond acceptors (Lipinski definition) is 1. The quantitative estimate of drug-likeness (QED) is 0.801. The minimum absolute atomic E-state index is 0.0379. The van der Waals surface area contributed by atoms with E-state index >= 15 is 0 Å². The Bertz CT molecular complexity index is 513. The topological polar surface area (TPSA) is 43.1 Å². The summed E-state index contributed by atoms with van der Waals surface area (Å²) in [7, 11) is 0. The molecule has 1 aromatic rings. The molecule has 1 rings (SSSR count). The summed E-state index contributed by atoms with van der Waals surface area (Å²) in [6, 6.07) is 4.32. The average molecular weight is 289 g/mol. The van der Waals surface area contributed by atoms with Crippen LogP contribution in [0.3, 0.4) is 0 Å². The van der Waals surface area contributed by atoms with E-state index in [9.17, 15) is 4.79 Å². The normalized spacial score (nSPS) is 13.4. The van der Waals surface area contributed by atoms with Gasteiger partial charge in [-0.1, -0.05) is 74.4 Å². The second kappa shape index (κ2) is 5.15. The second-order valence-corrected chi connectivity index (χ2v) is 9.06. The van der Waals surface area contributed by atoms with E-state index < -0.39 is 0 Å². The highest BCUT2D eigenvalue weighted by Crippen LogP contribution is 2.37. The van der Waals surface area contributed by atoms with Gasteiger partial charge in [-0.3, -0.25) is 4.79 Å². The summed E-state index contributed by atoms with van der Waals surface area (Å²) < 4.78 is 0. The maximum atomic E-state index is 12.1. The van der Waals surface area contributed by atoms with Crippen molar-refractivity contribution >= 4 is 5.91 Å². The lowest BCUT2D eigenvalue weighted by atomic mass is 9.72. The van der Waals surface area contributed by atoms with Gasteiger partial charge in [-0.2, -0.15) is 0 Å². The Morgan fingerprint density at radius 2 is 1.10 bits per heavy atom. The zero-order valence-electron chi connectivity index (χ0n) is 15.1. The van der Waals surface area contributed by atoms with Gasteiger partial charge < -0.3 is 5.73 Å². The van der Waals surface area contributed by atoms with Crippen LogP contribution in [-0.4, -0.2) is 5.91 Å². The Labute approximate surface area is 130 Å². The van der Waals surface area contributed by atoms with E-state index in [1.54, 1.807) is 0 Å². The van der Waals surface area contributed by atoms with Crippen LogP contribution in [0.4, 0.5) is 0 Å². The van der Waals surface area contributed by atoms with Crippen molar-refractivity contribution in [2.45, 2.75) is 78.6 Å². The van der Waals surface area contributed by atoms with Gasteiger partial charge in [0.25, 0.3) is 0 Å². The molecular formula is C19H31NO. The van der Waals surface area contributed by atoms with Crippen molar-refractivity contribution in [3.8, 4) is 0 Å². The molecule has 0 unspecified atom stereocenters. The third kappa shape index (κ3) is 3.87. The van der Waals surface area contributed by atoms with Gasteiger partial charge in [0, 0.05) is 5.56 Å². The van der Waals surface area contributed by atoms with Crippen LogP contribution in [0.2, 0.25) is 0 Å². The zero-order valence-corrected chi connectivity index (χ0v) is 15.1. The van der Waals surface area contributed by atoms with Gasteiger partial charge in [-0.25, -0.2) is 0 Å². The lowest BCUT2D eigenvalue weighted by molar-refractivity contribution is 0.0996. The SMILES string of the molecule is CC(C)(C)c1cc(C(C)(C)C)c(C(N)=O)c(C(C)(C)C)c1. The molecule has 1 aromatic carbocycles. The molecule has 0 spiro atoms. The van der Waals surface area contributed by atoms with Crippen molar-refractivity contribution in [3.05, 3.63) is 34.4 Å². The number of primary amides is 1. The maximum Gasteiger partial charge on any atom is 0.249 e. The molecule has 0 heterocycles. The van der Waals surface area contributed by atoms with Gasteiger partial charge in [0.15, 0.2) is 0 Å². The first kappa shape index (κ1) is 17.7. The molecule has 0 aliphatic carbocycles. The monoisotopic (exact) mass is 289 g/mol. The van der Waals surface area contributed by atoms with E-state index in [0.717, 1.165) is 11.1 Å². The highest BCUT2D eigenvalue weighted by atomic mass is 16.1. The molecule has 0 bridgehead atoms. The highest BCUT2D eigenvalue weighted by Gasteiger charge is 2.30. The Morgan fingerprint density at radius 3 is 1.29 bits per heavy atom. The van der Waals surface area contributed by atoms with Crippen LogP contribution in [0, 0.1) is 0 Å². The molecule has 2 nitrogen and oxygen atoms in total. The molecule has 21 heavy (non-hydrogen) atoms. The summed E-state index contributed by atoms with van der Waals surface area (Å²) >= 11 is 0. The smallest absolute Gasteiger partial charge is 0.249 e. The third-order valence-corrected chi connectivity index (χ3v) is 3.87. The molecule has 0 saturated heterocycles. The fraction of sp³-hybridized carbons (Fsp3) is 0.632. The van der Waals surface area contributed by atoms with Crippen LogP contribution >= 0.6 is 0 Å². The summed E-state index contributed by atoms with van der Waals surface area (Å²) in [5.41, 5.74) is 9.57. The molecule has 1 amide bonds. The molecular weight excluding hydrogens is 258 g/mol. The predicted octanol–water partition coefficient (Wildman–Crippen LogP) is 4.68. The Hall–Kier alpha value is -1.31. The molecule has 2 N–H and O–H groups in total. The minimum Gasteiger partial charge on any atom is -0.366 e. The molecule has 0 aliphatic rings. The fourth-order valence-electron chi connectivity index (χ4n) is 2.52. The number of nitrogens with two attached hydrogens (primary N) is 1. The molecule has 118 valence electrons. The lowest BCUT2D eigenvalue weighted by Gasteiger charge is -2.32. The number of amides is 1. The van der Waals surface area contributed by atoms with E-state index in [2.05, 4.69) is 74.4 Å². The van der Waals surface area contributed by atoms with Crippen molar-refractivity contribution in [2.24, 2.45) is 5.73 Å². The molecule has 0 atom stereocenters. The molecule has 0 saturated carbocycles. The van der Waals surface area contributed by atoms with Crippen LogP contribution in [0.25, 0.3) is 0 Å². The van der Waals surface area contributed by atoms with Crippen LogP contribution in [-0.2, 0) is 16.2 Å². The molecule has 0 aromatic heterocycles. The first-order chi connectivity index (χ1) is 9.15. The molecule has 0 aliphatic heterocycles. The first-order valence-corrected chi connectivity index (χ1v) is 7.65. The maximum absolute atomic E-state index is 12.1. The van der Waals surface area contributed by atoms with E-state index in [1.165, 1.54) is 5.56 Å². The standard InChI is InChI=1S/C19H31NO/c1-17(2,3)12-10-13(18(4,5)6)15(16(20)21)14(11-12)19(7,8)9/h10-11H,1-9H3,(H2,20,21). The highest BCUT2D eigenvalue weighted by molar-refractivity contribution is 5.97. The molecule has 2 heteroatoms. The van der Waals surface area contributed by atoms with Gasteiger partial charge in [0.05, 0.1) is 0 Å². The van der Waals surface area contributed by atoms with E-state index in [1.807, 2.05) is 0 Å². The van der Waals surface area contributed by atoms with Crippen molar-refractivity contribution < 1.29 is 4.79 Å². The van der Waals surface area contributed by atoms with Crippen LogP contribution < -0.4 is 5.73 Å². The van der Waals surface area contributed by atoms with E-state index in [-0.39, 0.29) is 22.2 Å². The summed E-state index contributed by atoms with van der Waals surface area (Å²) in [6.45, 7) is 19.4. The summed E-state index contributed by atoms with van der Waals surface area (Å²) in [4.78, 5) is 12.1. The number of benzene rings is 1. The van der Waals surface area contributed by atoms with Crippen LogP contribution in [0.15, 0.2) is 12.1 Å². The third-order valence-electron chi connectivity index (χ3n) is 3.87. The lowest BCUT2D eigenvalue weighted by Crippen LogP contribution is -2.29. The van der Waals surface area contributed by atoms with Gasteiger partial charge >= 0.3 is 0 Å². The van der Waals surface area contributed by atoms with Gasteiger partial charge in [-0.15, -0.1) is 0 Å². The first-order valence-electron chi connectivity index (χ1n) is 7.65. The zero-order chi connectivity index (χ0) is 16.8.